The van der Waals surface area contributed by atoms with E-state index >= 15 is 0 Å². The predicted molar refractivity (Wildman–Crippen MR) is 150 cm³/mol. The Bertz CT molecular complexity index is 1860. The quantitative estimate of drug-likeness (QED) is 0.117. The number of carboxylic acid groups (broad SMARTS) is 2. The summed E-state index contributed by atoms with van der Waals surface area (Å²) < 4.78 is 67.4. The Morgan fingerprint density at radius 3 is 1.09 bits per heavy atom. The SMILES string of the molecule is CC(=O)O.CC(=O)O.O=S(=O)([O-])c1ccc(-c2ccnc3c2ccc2c(-c4ccc(S(=O)(=O)[O-])cc4)ccnc23)cc1.[Na+].[Na+].[Pd]. The first-order valence-electron chi connectivity index (χ1n) is 11.8. The number of hydrogen-bond acceptors (Lipinski definition) is 10. The van der Waals surface area contributed by atoms with Gasteiger partial charge in [0, 0.05) is 57.4 Å². The minimum atomic E-state index is -4.54. The molecule has 0 saturated heterocycles. The number of aromatic nitrogens is 2. The average molecular weight is 763 g/mol. The van der Waals surface area contributed by atoms with Gasteiger partial charge in [0.15, 0.2) is 0 Å². The number of pyridine rings is 2. The molecule has 0 aliphatic heterocycles. The first kappa shape index (κ1) is 42.9. The molecule has 5 rings (SSSR count). The fourth-order valence-corrected chi connectivity index (χ4v) is 4.87. The van der Waals surface area contributed by atoms with Crippen molar-refractivity contribution in [2.75, 3.05) is 0 Å². The molecule has 17 heteroatoms. The van der Waals surface area contributed by atoms with Crippen LogP contribution in [-0.2, 0) is 50.2 Å². The van der Waals surface area contributed by atoms with Crippen LogP contribution in [0, 0.1) is 0 Å². The zero-order valence-electron chi connectivity index (χ0n) is 24.3. The second-order valence-corrected chi connectivity index (χ2v) is 11.3. The Hall–Kier alpha value is -2.10. The van der Waals surface area contributed by atoms with Gasteiger partial charge in [0.2, 0.25) is 0 Å². The maximum atomic E-state index is 11.2. The van der Waals surface area contributed by atoms with Crippen molar-refractivity contribution in [1.29, 1.82) is 0 Å². The molecule has 0 spiro atoms. The fraction of sp³-hybridized carbons (Fsp3) is 0.0714. The predicted octanol–water partition coefficient (Wildman–Crippen LogP) is -1.89. The van der Waals surface area contributed by atoms with E-state index in [-0.39, 0.29) is 89.3 Å². The number of rotatable bonds is 4. The zero-order chi connectivity index (χ0) is 31.2. The first-order valence-corrected chi connectivity index (χ1v) is 14.6. The van der Waals surface area contributed by atoms with Gasteiger partial charge in [-0.2, -0.15) is 0 Å². The second kappa shape index (κ2) is 18.3. The van der Waals surface area contributed by atoms with Crippen LogP contribution >= 0.6 is 0 Å². The fourth-order valence-electron chi connectivity index (χ4n) is 3.93. The van der Waals surface area contributed by atoms with E-state index in [1.54, 1.807) is 48.8 Å². The van der Waals surface area contributed by atoms with Crippen molar-refractivity contribution in [3.63, 3.8) is 0 Å². The van der Waals surface area contributed by atoms with Crippen LogP contribution in [-0.4, -0.2) is 58.1 Å². The molecule has 0 bridgehead atoms. The second-order valence-electron chi connectivity index (χ2n) is 8.57. The van der Waals surface area contributed by atoms with Crippen LogP contribution in [0.2, 0.25) is 0 Å². The van der Waals surface area contributed by atoms with E-state index in [1.807, 2.05) is 12.1 Å². The van der Waals surface area contributed by atoms with E-state index in [0.29, 0.717) is 22.2 Å². The number of hydrogen-bond donors (Lipinski definition) is 2. The molecule has 2 N–H and O–H groups in total. The Kier molecular flexibility index (Phi) is 17.4. The topological polar surface area (TPSA) is 215 Å². The minimum Gasteiger partial charge on any atom is -0.744 e. The van der Waals surface area contributed by atoms with Crippen molar-refractivity contribution in [2.45, 2.75) is 23.6 Å². The molecule has 3 aromatic carbocycles. The van der Waals surface area contributed by atoms with E-state index < -0.39 is 32.2 Å². The maximum absolute atomic E-state index is 11.2. The summed E-state index contributed by atoms with van der Waals surface area (Å²) in [4.78, 5) is 26.4. The third-order valence-electron chi connectivity index (χ3n) is 5.53. The molecular weight excluding hydrogens is 741 g/mol. The molecule has 0 atom stereocenters. The van der Waals surface area contributed by atoms with Gasteiger partial charge >= 0.3 is 59.1 Å². The number of carbonyl (C=O) groups is 2. The van der Waals surface area contributed by atoms with Crippen LogP contribution in [0.4, 0.5) is 0 Å². The molecular formula is C28H22N2Na2O10PdS2. The summed E-state index contributed by atoms with van der Waals surface area (Å²) in [6.07, 6.45) is 3.25. The van der Waals surface area contributed by atoms with Gasteiger partial charge in [-0.05, 0) is 58.7 Å². The number of carboxylic acids is 2. The molecule has 45 heavy (non-hydrogen) atoms. The number of aliphatic carboxylic acids is 2. The molecule has 5 aromatic rings. The normalized spacial score (nSPS) is 10.4. The Balaban J connectivity index is 0.00000158. The third kappa shape index (κ3) is 11.9. The molecule has 0 fully saturated rings. The zero-order valence-corrected chi connectivity index (χ0v) is 31.5. The largest absolute Gasteiger partial charge is 1.00 e. The van der Waals surface area contributed by atoms with Gasteiger partial charge < -0.3 is 19.3 Å². The van der Waals surface area contributed by atoms with Gasteiger partial charge in [0.1, 0.15) is 20.2 Å². The Morgan fingerprint density at radius 2 is 0.844 bits per heavy atom. The van der Waals surface area contributed by atoms with Crippen molar-refractivity contribution in [2.24, 2.45) is 0 Å². The summed E-state index contributed by atoms with van der Waals surface area (Å²) in [5, 5.41) is 16.4. The maximum Gasteiger partial charge on any atom is 1.00 e. The van der Waals surface area contributed by atoms with Crippen molar-refractivity contribution in [3.8, 4) is 22.3 Å². The van der Waals surface area contributed by atoms with Crippen molar-refractivity contribution in [1.82, 2.24) is 9.97 Å². The summed E-state index contributed by atoms with van der Waals surface area (Å²) in [6, 6.07) is 18.7. The van der Waals surface area contributed by atoms with Crippen molar-refractivity contribution < 1.29 is 125 Å². The summed E-state index contributed by atoms with van der Waals surface area (Å²) in [6.45, 7) is 2.17. The molecule has 0 aliphatic carbocycles. The van der Waals surface area contributed by atoms with E-state index in [1.165, 1.54) is 24.3 Å². The molecule has 228 valence electrons. The standard InChI is InChI=1S/C24H16N2O6S2.2C2H4O2.2Na.Pd/c27-33(28,29)17-5-1-15(2-6-17)19-11-13-25-23-21(19)9-10-22-20(12-14-26-24(22)23)16-3-7-18(8-4-16)34(30,31)32;2*1-2(3)4;;;/h1-14H,(H,27,28,29)(H,30,31,32);2*1H3,(H,3,4);;;/q;;;2*+1;/p-2. The van der Waals surface area contributed by atoms with Gasteiger partial charge in [0.05, 0.1) is 20.8 Å². The van der Waals surface area contributed by atoms with E-state index in [9.17, 15) is 25.9 Å². The van der Waals surface area contributed by atoms with Crippen LogP contribution in [0.15, 0.2) is 95.0 Å². The molecule has 0 amide bonds. The summed E-state index contributed by atoms with van der Waals surface area (Å²) in [7, 11) is -9.08. The smallest absolute Gasteiger partial charge is 0.744 e. The van der Waals surface area contributed by atoms with E-state index in [0.717, 1.165) is 35.7 Å². The number of benzene rings is 3. The molecule has 0 saturated carbocycles. The molecule has 2 aromatic heterocycles. The third-order valence-corrected chi connectivity index (χ3v) is 7.23. The van der Waals surface area contributed by atoms with Crippen LogP contribution in [0.1, 0.15) is 13.8 Å². The molecule has 12 nitrogen and oxygen atoms in total. The summed E-state index contributed by atoms with van der Waals surface area (Å²) in [5.41, 5.74) is 4.25. The van der Waals surface area contributed by atoms with Crippen LogP contribution < -0.4 is 59.1 Å². The molecule has 0 aliphatic rings. The van der Waals surface area contributed by atoms with E-state index in [2.05, 4.69) is 9.97 Å². The van der Waals surface area contributed by atoms with Crippen LogP contribution in [0.5, 0.6) is 0 Å². The van der Waals surface area contributed by atoms with Gasteiger partial charge in [0.25, 0.3) is 11.9 Å². The average Bonchev–Trinajstić information content (AvgIpc) is 2.91. The monoisotopic (exact) mass is 762 g/mol. The van der Waals surface area contributed by atoms with Crippen molar-refractivity contribution >= 4 is 54.0 Å². The summed E-state index contributed by atoms with van der Waals surface area (Å²) in [5.74, 6) is -1.67. The van der Waals surface area contributed by atoms with Gasteiger partial charge in [-0.3, -0.25) is 19.6 Å². The van der Waals surface area contributed by atoms with Crippen LogP contribution in [0.3, 0.4) is 0 Å². The van der Waals surface area contributed by atoms with E-state index in [4.69, 9.17) is 19.8 Å². The van der Waals surface area contributed by atoms with Crippen molar-refractivity contribution in [3.05, 3.63) is 85.2 Å². The van der Waals surface area contributed by atoms with Gasteiger partial charge in [-0.25, -0.2) is 16.8 Å². The molecule has 2 heterocycles. The summed E-state index contributed by atoms with van der Waals surface area (Å²) >= 11 is 0. The van der Waals surface area contributed by atoms with Crippen LogP contribution in [0.25, 0.3) is 44.1 Å². The van der Waals surface area contributed by atoms with Gasteiger partial charge in [-0.1, -0.05) is 36.4 Å². The first-order chi connectivity index (χ1) is 19.6. The minimum absolute atomic E-state index is 0. The Labute approximate surface area is 317 Å². The molecule has 0 radical (unpaired) electrons. The Morgan fingerprint density at radius 1 is 0.578 bits per heavy atom. The molecule has 0 unspecified atom stereocenters. The van der Waals surface area contributed by atoms with Gasteiger partial charge in [-0.15, -0.1) is 0 Å². The number of nitrogens with zero attached hydrogens (tertiary/aromatic N) is 2. The number of fused-ring (bicyclic) bond motifs is 3.